The highest BCUT2D eigenvalue weighted by molar-refractivity contribution is 5.76. The highest BCUT2D eigenvalue weighted by Gasteiger charge is 2.39. The van der Waals surface area contributed by atoms with Crippen LogP contribution in [0.5, 0.6) is 0 Å². The average Bonchev–Trinajstić information content (AvgIpc) is 2.10. The van der Waals surface area contributed by atoms with Crippen LogP contribution in [0.4, 0.5) is 0 Å². The topological polar surface area (TPSA) is 49.8 Å². The summed E-state index contributed by atoms with van der Waals surface area (Å²) >= 11 is 0. The first-order chi connectivity index (χ1) is 6.61. The molecule has 0 aromatic carbocycles. The van der Waals surface area contributed by atoms with Gasteiger partial charge in [0.15, 0.2) is 0 Å². The lowest BCUT2D eigenvalue weighted by molar-refractivity contribution is -0.155. The van der Waals surface area contributed by atoms with Crippen LogP contribution in [0.15, 0.2) is 0 Å². The third kappa shape index (κ3) is 2.07. The third-order valence-electron chi connectivity index (χ3n) is 2.92. The van der Waals surface area contributed by atoms with Crippen LogP contribution >= 0.6 is 0 Å². The van der Waals surface area contributed by atoms with Gasteiger partial charge in [-0.15, -0.1) is 0 Å². The monoisotopic (exact) mass is 201 g/mol. The summed E-state index contributed by atoms with van der Waals surface area (Å²) in [4.78, 5) is 13.3. The first-order valence-electron chi connectivity index (χ1n) is 5.06. The lowest BCUT2D eigenvalue weighted by Crippen LogP contribution is -2.59. The number of aliphatic hydroxyl groups is 1. The van der Waals surface area contributed by atoms with Gasteiger partial charge in [0.1, 0.15) is 6.04 Å². The molecule has 0 aliphatic carbocycles. The molecule has 0 saturated carbocycles. The summed E-state index contributed by atoms with van der Waals surface area (Å²) in [6, 6.07) is -0.0626. The van der Waals surface area contributed by atoms with Crippen LogP contribution in [-0.2, 0) is 9.53 Å². The lowest BCUT2D eigenvalue weighted by atomic mass is 9.94. The van der Waals surface area contributed by atoms with Crippen LogP contribution < -0.4 is 0 Å². The Morgan fingerprint density at radius 2 is 2.29 bits per heavy atom. The molecule has 1 saturated heterocycles. The van der Waals surface area contributed by atoms with Gasteiger partial charge in [0.2, 0.25) is 0 Å². The van der Waals surface area contributed by atoms with E-state index in [4.69, 9.17) is 4.74 Å². The second-order valence-corrected chi connectivity index (χ2v) is 4.06. The third-order valence-corrected chi connectivity index (χ3v) is 2.92. The van der Waals surface area contributed by atoms with Crippen molar-refractivity contribution in [2.45, 2.75) is 32.4 Å². The van der Waals surface area contributed by atoms with Crippen molar-refractivity contribution >= 4 is 5.97 Å². The van der Waals surface area contributed by atoms with Crippen LogP contribution in [0.1, 0.15) is 20.3 Å². The van der Waals surface area contributed by atoms with E-state index >= 15 is 0 Å². The molecule has 1 aliphatic heterocycles. The SMILES string of the molecule is COC(=O)C1CCN1[C@@H](CO)C(C)C. The molecule has 2 atom stereocenters. The maximum Gasteiger partial charge on any atom is 0.323 e. The Labute approximate surface area is 84.8 Å². The van der Waals surface area contributed by atoms with Gasteiger partial charge in [-0.3, -0.25) is 9.69 Å². The quantitative estimate of drug-likeness (QED) is 0.662. The standard InChI is InChI=1S/C10H19NO3/c1-7(2)9(6-12)11-5-4-8(11)10(13)14-3/h7-9,12H,4-6H2,1-3H3/t8?,9-/m0/s1. The summed E-state index contributed by atoms with van der Waals surface area (Å²) in [7, 11) is 1.40. The summed E-state index contributed by atoms with van der Waals surface area (Å²) < 4.78 is 4.70. The summed E-state index contributed by atoms with van der Waals surface area (Å²) in [6.45, 7) is 5.08. The predicted octanol–water partition coefficient (Wildman–Crippen LogP) is 0.251. The smallest absolute Gasteiger partial charge is 0.323 e. The van der Waals surface area contributed by atoms with Crippen molar-refractivity contribution in [3.8, 4) is 0 Å². The first-order valence-corrected chi connectivity index (χ1v) is 5.06. The molecule has 1 unspecified atom stereocenters. The van der Waals surface area contributed by atoms with Gasteiger partial charge < -0.3 is 9.84 Å². The van der Waals surface area contributed by atoms with Crippen molar-refractivity contribution in [2.75, 3.05) is 20.3 Å². The molecule has 0 bridgehead atoms. The summed E-state index contributed by atoms with van der Waals surface area (Å²) in [5, 5.41) is 9.21. The molecule has 82 valence electrons. The van der Waals surface area contributed by atoms with Gasteiger partial charge >= 0.3 is 5.97 Å². The zero-order valence-electron chi connectivity index (χ0n) is 9.06. The van der Waals surface area contributed by atoms with E-state index in [1.807, 2.05) is 18.7 Å². The molecule has 1 rings (SSSR count). The molecular formula is C10H19NO3. The van der Waals surface area contributed by atoms with E-state index < -0.39 is 0 Å². The van der Waals surface area contributed by atoms with Gasteiger partial charge in [-0.05, 0) is 12.3 Å². The normalized spacial score (nSPS) is 24.5. The summed E-state index contributed by atoms with van der Waals surface area (Å²) in [5.41, 5.74) is 0. The second-order valence-electron chi connectivity index (χ2n) is 4.06. The number of likely N-dealkylation sites (tertiary alicyclic amines) is 1. The molecule has 0 spiro atoms. The summed E-state index contributed by atoms with van der Waals surface area (Å²) in [5.74, 6) is 0.169. The van der Waals surface area contributed by atoms with Gasteiger partial charge in [0.25, 0.3) is 0 Å². The van der Waals surface area contributed by atoms with Gasteiger partial charge in [0.05, 0.1) is 13.7 Å². The molecule has 0 aromatic heterocycles. The maximum atomic E-state index is 11.3. The van der Waals surface area contributed by atoms with Crippen LogP contribution in [0.3, 0.4) is 0 Å². The lowest BCUT2D eigenvalue weighted by Gasteiger charge is -2.45. The van der Waals surface area contributed by atoms with E-state index in [-0.39, 0.29) is 24.7 Å². The largest absolute Gasteiger partial charge is 0.468 e. The number of ether oxygens (including phenoxy) is 1. The van der Waals surface area contributed by atoms with Crippen molar-refractivity contribution in [1.82, 2.24) is 4.90 Å². The van der Waals surface area contributed by atoms with Gasteiger partial charge in [0, 0.05) is 12.6 Å². The Morgan fingerprint density at radius 1 is 1.64 bits per heavy atom. The second kappa shape index (κ2) is 4.75. The van der Waals surface area contributed by atoms with E-state index in [1.54, 1.807) is 0 Å². The highest BCUT2D eigenvalue weighted by Crippen LogP contribution is 2.25. The molecule has 0 amide bonds. The number of carbonyl (C=O) groups excluding carboxylic acids is 1. The number of aliphatic hydroxyl groups excluding tert-OH is 1. The molecule has 1 heterocycles. The van der Waals surface area contributed by atoms with E-state index in [9.17, 15) is 9.90 Å². The van der Waals surface area contributed by atoms with Gasteiger partial charge in [-0.2, -0.15) is 0 Å². The maximum absolute atomic E-state index is 11.3. The minimum atomic E-state index is -0.185. The van der Waals surface area contributed by atoms with E-state index in [0.29, 0.717) is 5.92 Å². The number of hydrogen-bond donors (Lipinski definition) is 1. The Bertz CT molecular complexity index is 206. The van der Waals surface area contributed by atoms with Crippen molar-refractivity contribution in [3.63, 3.8) is 0 Å². The zero-order chi connectivity index (χ0) is 10.7. The minimum absolute atomic E-state index is 0.0767. The van der Waals surface area contributed by atoms with Gasteiger partial charge in [-0.1, -0.05) is 13.8 Å². The Hall–Kier alpha value is -0.610. The van der Waals surface area contributed by atoms with Crippen LogP contribution in [-0.4, -0.2) is 48.3 Å². The molecule has 14 heavy (non-hydrogen) atoms. The molecule has 1 aliphatic rings. The summed E-state index contributed by atoms with van der Waals surface area (Å²) in [6.07, 6.45) is 0.843. The Morgan fingerprint density at radius 3 is 2.57 bits per heavy atom. The fourth-order valence-corrected chi connectivity index (χ4v) is 1.89. The molecule has 4 nitrogen and oxygen atoms in total. The van der Waals surface area contributed by atoms with Gasteiger partial charge in [-0.25, -0.2) is 0 Å². The first kappa shape index (κ1) is 11.5. The van der Waals surface area contributed by atoms with E-state index in [0.717, 1.165) is 13.0 Å². The molecule has 4 heteroatoms. The zero-order valence-corrected chi connectivity index (χ0v) is 9.06. The fraction of sp³-hybridized carbons (Fsp3) is 0.900. The Kier molecular flexibility index (Phi) is 3.89. The number of methoxy groups -OCH3 is 1. The molecule has 0 radical (unpaired) electrons. The average molecular weight is 201 g/mol. The van der Waals surface area contributed by atoms with E-state index in [1.165, 1.54) is 7.11 Å². The van der Waals surface area contributed by atoms with Crippen LogP contribution in [0.25, 0.3) is 0 Å². The minimum Gasteiger partial charge on any atom is -0.468 e. The van der Waals surface area contributed by atoms with Crippen LogP contribution in [0.2, 0.25) is 0 Å². The van der Waals surface area contributed by atoms with Crippen molar-refractivity contribution in [3.05, 3.63) is 0 Å². The van der Waals surface area contributed by atoms with E-state index in [2.05, 4.69) is 0 Å². The number of esters is 1. The molecule has 1 N–H and O–H groups in total. The predicted molar refractivity (Wildman–Crippen MR) is 52.8 cm³/mol. The van der Waals surface area contributed by atoms with Crippen molar-refractivity contribution < 1.29 is 14.6 Å². The number of carbonyl (C=O) groups is 1. The number of hydrogen-bond acceptors (Lipinski definition) is 4. The Balaban J connectivity index is 2.56. The fourth-order valence-electron chi connectivity index (χ4n) is 1.89. The highest BCUT2D eigenvalue weighted by atomic mass is 16.5. The molecular weight excluding hydrogens is 182 g/mol. The number of nitrogens with zero attached hydrogens (tertiary/aromatic N) is 1. The van der Waals surface area contributed by atoms with Crippen molar-refractivity contribution in [2.24, 2.45) is 5.92 Å². The number of rotatable bonds is 4. The van der Waals surface area contributed by atoms with Crippen molar-refractivity contribution in [1.29, 1.82) is 0 Å². The molecule has 0 aromatic rings. The molecule has 1 fully saturated rings. The van der Waals surface area contributed by atoms with Crippen LogP contribution in [0, 0.1) is 5.92 Å².